The molecule has 1 aliphatic heterocycles. The van der Waals surface area contributed by atoms with Gasteiger partial charge < -0.3 is 29.0 Å². The summed E-state index contributed by atoms with van der Waals surface area (Å²) >= 11 is 0. The van der Waals surface area contributed by atoms with E-state index in [1.807, 2.05) is 0 Å². The Kier molecular flexibility index (Phi) is 5.98. The molecule has 3 rings (SSSR count). The van der Waals surface area contributed by atoms with E-state index in [9.17, 15) is 23.5 Å². The van der Waals surface area contributed by atoms with E-state index in [1.165, 1.54) is 4.57 Å². The van der Waals surface area contributed by atoms with Crippen molar-refractivity contribution in [2.24, 2.45) is 0 Å². The zero-order valence-corrected chi connectivity index (χ0v) is 17.5. The molecule has 0 amide bonds. The summed E-state index contributed by atoms with van der Waals surface area (Å²) in [6, 6.07) is 0. The summed E-state index contributed by atoms with van der Waals surface area (Å²) in [7, 11) is -9.48. The van der Waals surface area contributed by atoms with Crippen molar-refractivity contribution < 1.29 is 42.6 Å². The van der Waals surface area contributed by atoms with E-state index in [4.69, 9.17) is 14.5 Å². The van der Waals surface area contributed by atoms with Crippen molar-refractivity contribution >= 4 is 26.4 Å². The molecule has 0 radical (unpaired) electrons. The van der Waals surface area contributed by atoms with Crippen LogP contribution in [0.15, 0.2) is 0 Å². The molecule has 1 fully saturated rings. The van der Waals surface area contributed by atoms with Crippen LogP contribution in [0.4, 0.5) is 4.39 Å². The van der Waals surface area contributed by atoms with Gasteiger partial charge in [0, 0.05) is 0 Å². The lowest BCUT2D eigenvalue weighted by atomic mass is 10.1. The standard InChI is InChI=1S/C14H21FN4O8P2/c1-6-11-13(17-7(2)16-6)19(8(3)18-11)14-10(15)12(20)9(27-14)4-26-29(24,25)5-28(21,22)23/h9-10,12,14,20H,4-5H2,1-3H3,(H,24,25)(H2,21,22,23)/t9-,10+,12-,14-/m1/s1. The number of nitrogens with zero attached hydrogens (tertiary/aromatic N) is 4. The van der Waals surface area contributed by atoms with Crippen LogP contribution in [-0.2, 0) is 18.4 Å². The van der Waals surface area contributed by atoms with E-state index in [0.717, 1.165) is 0 Å². The second kappa shape index (κ2) is 7.75. The molecule has 1 unspecified atom stereocenters. The summed E-state index contributed by atoms with van der Waals surface area (Å²) in [5.74, 6) is -0.603. The molecule has 4 N–H and O–H groups in total. The highest BCUT2D eigenvalue weighted by Gasteiger charge is 2.47. The molecule has 2 aromatic rings. The van der Waals surface area contributed by atoms with Gasteiger partial charge in [-0.25, -0.2) is 19.3 Å². The van der Waals surface area contributed by atoms with E-state index >= 15 is 0 Å². The Morgan fingerprint density at radius 2 is 1.83 bits per heavy atom. The molecule has 0 spiro atoms. The Labute approximate surface area is 164 Å². The number of imidazole rings is 1. The van der Waals surface area contributed by atoms with E-state index in [1.54, 1.807) is 20.8 Å². The van der Waals surface area contributed by atoms with Crippen LogP contribution in [0.5, 0.6) is 0 Å². The predicted octanol–water partition coefficient (Wildman–Crippen LogP) is 0.685. The van der Waals surface area contributed by atoms with Crippen molar-refractivity contribution in [1.82, 2.24) is 19.5 Å². The normalized spacial score (nSPS) is 27.4. The quantitative estimate of drug-likeness (QED) is 0.451. The number of fused-ring (bicyclic) bond motifs is 1. The Balaban J connectivity index is 1.84. The summed E-state index contributed by atoms with van der Waals surface area (Å²) in [5, 5.41) is 10.2. The van der Waals surface area contributed by atoms with Gasteiger partial charge in [-0.2, -0.15) is 0 Å². The first-order chi connectivity index (χ1) is 13.3. The van der Waals surface area contributed by atoms with Gasteiger partial charge in [-0.1, -0.05) is 0 Å². The highest BCUT2D eigenvalue weighted by atomic mass is 31.2. The van der Waals surface area contributed by atoms with Gasteiger partial charge in [-0.3, -0.25) is 13.7 Å². The number of halogens is 1. The Bertz CT molecular complexity index is 1030. The molecule has 162 valence electrons. The van der Waals surface area contributed by atoms with Gasteiger partial charge >= 0.3 is 15.2 Å². The number of aryl methyl sites for hydroxylation is 3. The van der Waals surface area contributed by atoms with Crippen molar-refractivity contribution in [3.63, 3.8) is 0 Å². The number of hydrogen-bond acceptors (Lipinski definition) is 8. The van der Waals surface area contributed by atoms with Crippen molar-refractivity contribution in [3.05, 3.63) is 17.3 Å². The second-order valence-corrected chi connectivity index (χ2v) is 10.8. The first-order valence-corrected chi connectivity index (χ1v) is 12.0. The smallest absolute Gasteiger partial charge is 0.340 e. The first kappa shape index (κ1) is 22.4. The van der Waals surface area contributed by atoms with Crippen molar-refractivity contribution in [2.45, 2.75) is 45.4 Å². The van der Waals surface area contributed by atoms with Crippen LogP contribution >= 0.6 is 15.2 Å². The minimum absolute atomic E-state index is 0.309. The van der Waals surface area contributed by atoms with Gasteiger partial charge in [-0.15, -0.1) is 0 Å². The lowest BCUT2D eigenvalue weighted by molar-refractivity contribution is -0.0432. The third kappa shape index (κ3) is 4.73. The number of aliphatic hydroxyl groups is 1. The molecule has 29 heavy (non-hydrogen) atoms. The van der Waals surface area contributed by atoms with E-state index in [2.05, 4.69) is 19.5 Å². The summed E-state index contributed by atoms with van der Waals surface area (Å²) in [4.78, 5) is 40.0. The van der Waals surface area contributed by atoms with Crippen LogP contribution in [0.2, 0.25) is 0 Å². The molecule has 2 aromatic heterocycles. The van der Waals surface area contributed by atoms with E-state index in [0.29, 0.717) is 28.5 Å². The lowest BCUT2D eigenvalue weighted by Gasteiger charge is -2.18. The number of hydrogen-bond donors (Lipinski definition) is 4. The largest absolute Gasteiger partial charge is 0.387 e. The molecule has 0 saturated carbocycles. The SMILES string of the molecule is Cc1nc(C)c2nc(C)n([C@@H]3O[C@H](COP(=O)(O)CP(=O)(O)O)[C@@H](O)[C@@H]3F)c2n1. The van der Waals surface area contributed by atoms with Crippen LogP contribution < -0.4 is 0 Å². The molecule has 12 nitrogen and oxygen atoms in total. The van der Waals surface area contributed by atoms with Crippen LogP contribution in [0, 0.1) is 20.8 Å². The summed E-state index contributed by atoms with van der Waals surface area (Å²) in [6.07, 6.45) is -6.34. The van der Waals surface area contributed by atoms with Gasteiger partial charge in [0.2, 0.25) is 0 Å². The summed E-state index contributed by atoms with van der Waals surface area (Å²) in [5.41, 5.74) is 1.34. The van der Waals surface area contributed by atoms with Crippen LogP contribution in [0.1, 0.15) is 23.6 Å². The molecule has 0 aliphatic carbocycles. The van der Waals surface area contributed by atoms with Crippen molar-refractivity contribution in [2.75, 3.05) is 12.5 Å². The Morgan fingerprint density at radius 1 is 1.17 bits per heavy atom. The lowest BCUT2D eigenvalue weighted by Crippen LogP contribution is -2.31. The second-order valence-electron chi connectivity index (χ2n) is 6.80. The van der Waals surface area contributed by atoms with Crippen LogP contribution in [-0.4, -0.2) is 70.2 Å². The monoisotopic (exact) mass is 454 g/mol. The fourth-order valence-corrected chi connectivity index (χ4v) is 5.74. The maximum Gasteiger partial charge on any atom is 0.340 e. The summed E-state index contributed by atoms with van der Waals surface area (Å²) in [6.45, 7) is 4.24. The van der Waals surface area contributed by atoms with Gasteiger partial charge in [0.25, 0.3) is 0 Å². The molecule has 15 heteroatoms. The minimum atomic E-state index is -4.81. The molecule has 3 heterocycles. The molecule has 0 aromatic carbocycles. The number of rotatable bonds is 6. The van der Waals surface area contributed by atoms with E-state index < -0.39 is 52.3 Å². The van der Waals surface area contributed by atoms with Crippen LogP contribution in [0.3, 0.4) is 0 Å². The molecule has 0 bridgehead atoms. The van der Waals surface area contributed by atoms with E-state index in [-0.39, 0.29) is 0 Å². The highest BCUT2D eigenvalue weighted by Crippen LogP contribution is 2.55. The Morgan fingerprint density at radius 3 is 2.45 bits per heavy atom. The molecule has 1 aliphatic rings. The Hall–Kier alpha value is -1.30. The van der Waals surface area contributed by atoms with Crippen molar-refractivity contribution in [1.29, 1.82) is 0 Å². The number of aromatic nitrogens is 4. The fraction of sp³-hybridized carbons (Fsp3) is 0.643. The predicted molar refractivity (Wildman–Crippen MR) is 97.0 cm³/mol. The zero-order valence-electron chi connectivity index (χ0n) is 15.7. The molecule has 5 atom stereocenters. The van der Waals surface area contributed by atoms with Gasteiger partial charge in [-0.05, 0) is 20.8 Å². The maximum atomic E-state index is 14.8. The number of aliphatic hydroxyl groups excluding tert-OH is 1. The average molecular weight is 454 g/mol. The fourth-order valence-electron chi connectivity index (χ4n) is 3.17. The molecule has 1 saturated heterocycles. The number of alkyl halides is 1. The van der Waals surface area contributed by atoms with Gasteiger partial charge in [0.1, 0.15) is 29.4 Å². The maximum absolute atomic E-state index is 14.8. The van der Waals surface area contributed by atoms with Gasteiger partial charge in [0.15, 0.2) is 23.9 Å². The van der Waals surface area contributed by atoms with Crippen molar-refractivity contribution in [3.8, 4) is 0 Å². The topological polar surface area (TPSA) is 177 Å². The summed E-state index contributed by atoms with van der Waals surface area (Å²) < 4.78 is 49.0. The third-order valence-corrected chi connectivity index (χ3v) is 7.81. The zero-order chi connectivity index (χ0) is 21.7. The third-order valence-electron chi connectivity index (χ3n) is 4.35. The average Bonchev–Trinajstić information content (AvgIpc) is 3.01. The number of ether oxygens (including phenoxy) is 1. The minimum Gasteiger partial charge on any atom is -0.387 e. The van der Waals surface area contributed by atoms with Gasteiger partial charge in [0.05, 0.1) is 12.3 Å². The van der Waals surface area contributed by atoms with Crippen LogP contribution in [0.25, 0.3) is 11.2 Å². The molecular weight excluding hydrogens is 433 g/mol. The molecular formula is C14H21FN4O8P2. The first-order valence-electron chi connectivity index (χ1n) is 8.47. The highest BCUT2D eigenvalue weighted by molar-refractivity contribution is 7.70.